The lowest BCUT2D eigenvalue weighted by Crippen LogP contribution is -2.11. The van der Waals surface area contributed by atoms with Crippen LogP contribution < -0.4 is 10.1 Å². The quantitative estimate of drug-likeness (QED) is 0.906. The molecule has 2 nitrogen and oxygen atoms in total. The number of ether oxygens (including phenoxy) is 1. The van der Waals surface area contributed by atoms with Crippen molar-refractivity contribution in [2.24, 2.45) is 0 Å². The van der Waals surface area contributed by atoms with Crippen LogP contribution in [0.25, 0.3) is 0 Å². The molecule has 0 amide bonds. The van der Waals surface area contributed by atoms with Gasteiger partial charge in [-0.15, -0.1) is 11.3 Å². The maximum atomic E-state index is 5.20. The van der Waals surface area contributed by atoms with Crippen molar-refractivity contribution in [3.63, 3.8) is 0 Å². The number of thiophene rings is 1. The minimum Gasteiger partial charge on any atom is -0.496 e. The molecule has 0 aliphatic rings. The highest BCUT2D eigenvalue weighted by Gasteiger charge is 2.01. The standard InChI is InChI=1S/C13H14BrNOS/c1-16-13-5-4-10(7-12(13)14)8-15-9-11-3-2-6-17-11/h2-7,15H,8-9H2,1H3. The second-order valence-corrected chi connectivity index (χ2v) is 5.54. The number of rotatable bonds is 5. The van der Waals surface area contributed by atoms with Crippen LogP contribution in [0.15, 0.2) is 40.2 Å². The van der Waals surface area contributed by atoms with E-state index < -0.39 is 0 Å². The Morgan fingerprint density at radius 2 is 2.18 bits per heavy atom. The van der Waals surface area contributed by atoms with Gasteiger partial charge in [0.05, 0.1) is 11.6 Å². The molecule has 0 atom stereocenters. The van der Waals surface area contributed by atoms with Gasteiger partial charge in [0.25, 0.3) is 0 Å². The molecule has 4 heteroatoms. The van der Waals surface area contributed by atoms with Gasteiger partial charge in [0.2, 0.25) is 0 Å². The van der Waals surface area contributed by atoms with Crippen LogP contribution >= 0.6 is 27.3 Å². The summed E-state index contributed by atoms with van der Waals surface area (Å²) in [5, 5.41) is 5.52. The highest BCUT2D eigenvalue weighted by molar-refractivity contribution is 9.10. The van der Waals surface area contributed by atoms with Crippen LogP contribution in [-0.2, 0) is 13.1 Å². The normalized spacial score (nSPS) is 10.5. The van der Waals surface area contributed by atoms with Crippen molar-refractivity contribution >= 4 is 27.3 Å². The van der Waals surface area contributed by atoms with Crippen molar-refractivity contribution in [1.29, 1.82) is 0 Å². The molecule has 1 aromatic carbocycles. The van der Waals surface area contributed by atoms with E-state index in [-0.39, 0.29) is 0 Å². The summed E-state index contributed by atoms with van der Waals surface area (Å²) in [5.41, 5.74) is 1.24. The first kappa shape index (κ1) is 12.6. The Labute approximate surface area is 114 Å². The van der Waals surface area contributed by atoms with Gasteiger partial charge in [-0.05, 0) is 45.1 Å². The number of nitrogens with one attached hydrogen (secondary N) is 1. The SMILES string of the molecule is COc1ccc(CNCc2cccs2)cc1Br. The number of benzene rings is 1. The van der Waals surface area contributed by atoms with E-state index in [1.54, 1.807) is 18.4 Å². The van der Waals surface area contributed by atoms with Gasteiger partial charge in [0, 0.05) is 18.0 Å². The van der Waals surface area contributed by atoms with E-state index in [0.29, 0.717) is 0 Å². The van der Waals surface area contributed by atoms with Crippen molar-refractivity contribution in [3.05, 3.63) is 50.6 Å². The van der Waals surface area contributed by atoms with E-state index >= 15 is 0 Å². The average molecular weight is 312 g/mol. The van der Waals surface area contributed by atoms with Gasteiger partial charge in [-0.2, -0.15) is 0 Å². The zero-order chi connectivity index (χ0) is 12.1. The average Bonchev–Trinajstić information content (AvgIpc) is 2.82. The Kier molecular flexibility index (Phi) is 4.59. The maximum absolute atomic E-state index is 5.20. The van der Waals surface area contributed by atoms with Crippen LogP contribution in [-0.4, -0.2) is 7.11 Å². The lowest BCUT2D eigenvalue weighted by Gasteiger charge is -2.07. The maximum Gasteiger partial charge on any atom is 0.133 e. The number of halogens is 1. The number of methoxy groups -OCH3 is 1. The number of hydrogen-bond donors (Lipinski definition) is 1. The molecule has 1 aromatic heterocycles. The van der Waals surface area contributed by atoms with Gasteiger partial charge in [0.1, 0.15) is 5.75 Å². The molecular weight excluding hydrogens is 298 g/mol. The summed E-state index contributed by atoms with van der Waals surface area (Å²) in [5.74, 6) is 0.868. The Morgan fingerprint density at radius 1 is 1.29 bits per heavy atom. The van der Waals surface area contributed by atoms with E-state index in [1.807, 2.05) is 6.07 Å². The van der Waals surface area contributed by atoms with Gasteiger partial charge in [-0.1, -0.05) is 12.1 Å². The van der Waals surface area contributed by atoms with E-state index in [9.17, 15) is 0 Å². The molecule has 1 N–H and O–H groups in total. The summed E-state index contributed by atoms with van der Waals surface area (Å²) in [4.78, 5) is 1.36. The third-order valence-corrected chi connectivity index (χ3v) is 3.92. The molecule has 2 rings (SSSR count). The second kappa shape index (κ2) is 6.19. The lowest BCUT2D eigenvalue weighted by atomic mass is 10.2. The summed E-state index contributed by atoms with van der Waals surface area (Å²) in [6, 6.07) is 10.4. The van der Waals surface area contributed by atoms with Gasteiger partial charge >= 0.3 is 0 Å². The van der Waals surface area contributed by atoms with Crippen LogP contribution in [0, 0.1) is 0 Å². The van der Waals surface area contributed by atoms with Crippen molar-refractivity contribution in [2.75, 3.05) is 7.11 Å². The predicted octanol–water partition coefficient (Wildman–Crippen LogP) is 3.81. The fourth-order valence-electron chi connectivity index (χ4n) is 1.56. The van der Waals surface area contributed by atoms with Crippen molar-refractivity contribution in [1.82, 2.24) is 5.32 Å². The van der Waals surface area contributed by atoms with Gasteiger partial charge in [0.15, 0.2) is 0 Å². The third kappa shape index (κ3) is 3.56. The summed E-state index contributed by atoms with van der Waals surface area (Å²) in [6.45, 7) is 1.78. The van der Waals surface area contributed by atoms with E-state index in [4.69, 9.17) is 4.74 Å². The van der Waals surface area contributed by atoms with Crippen LogP contribution in [0.2, 0.25) is 0 Å². The summed E-state index contributed by atoms with van der Waals surface area (Å²) < 4.78 is 6.19. The van der Waals surface area contributed by atoms with E-state index in [2.05, 4.69) is 50.9 Å². The molecule has 0 aliphatic heterocycles. The molecular formula is C13H14BrNOS. The molecule has 2 aromatic rings. The smallest absolute Gasteiger partial charge is 0.133 e. The molecule has 0 unspecified atom stereocenters. The first-order valence-electron chi connectivity index (χ1n) is 5.35. The Morgan fingerprint density at radius 3 is 2.82 bits per heavy atom. The first-order chi connectivity index (χ1) is 8.29. The van der Waals surface area contributed by atoms with Crippen LogP contribution in [0.1, 0.15) is 10.4 Å². The highest BCUT2D eigenvalue weighted by Crippen LogP contribution is 2.25. The lowest BCUT2D eigenvalue weighted by molar-refractivity contribution is 0.412. The molecule has 0 spiro atoms. The fraction of sp³-hybridized carbons (Fsp3) is 0.231. The molecule has 0 saturated heterocycles. The Balaban J connectivity index is 1.89. The first-order valence-corrected chi connectivity index (χ1v) is 7.02. The molecule has 0 radical (unpaired) electrons. The fourth-order valence-corrected chi connectivity index (χ4v) is 2.83. The summed E-state index contributed by atoms with van der Waals surface area (Å²) in [7, 11) is 1.68. The zero-order valence-corrected chi connectivity index (χ0v) is 12.0. The Hall–Kier alpha value is -0.840. The minimum atomic E-state index is 0.862. The monoisotopic (exact) mass is 311 g/mol. The molecule has 0 fully saturated rings. The van der Waals surface area contributed by atoms with Crippen molar-refractivity contribution < 1.29 is 4.74 Å². The van der Waals surface area contributed by atoms with E-state index in [0.717, 1.165) is 23.3 Å². The third-order valence-electron chi connectivity index (χ3n) is 2.42. The van der Waals surface area contributed by atoms with Gasteiger partial charge in [-0.25, -0.2) is 0 Å². The van der Waals surface area contributed by atoms with Crippen LogP contribution in [0.5, 0.6) is 5.75 Å². The minimum absolute atomic E-state index is 0.862. The van der Waals surface area contributed by atoms with Gasteiger partial charge in [-0.3, -0.25) is 0 Å². The topological polar surface area (TPSA) is 21.3 Å². The molecule has 0 saturated carbocycles. The zero-order valence-electron chi connectivity index (χ0n) is 9.57. The Bertz CT molecular complexity index is 470. The van der Waals surface area contributed by atoms with Crippen molar-refractivity contribution in [2.45, 2.75) is 13.1 Å². The van der Waals surface area contributed by atoms with Gasteiger partial charge < -0.3 is 10.1 Å². The number of hydrogen-bond acceptors (Lipinski definition) is 3. The van der Waals surface area contributed by atoms with Crippen molar-refractivity contribution in [3.8, 4) is 5.75 Å². The van der Waals surface area contributed by atoms with E-state index in [1.165, 1.54) is 10.4 Å². The molecule has 90 valence electrons. The summed E-state index contributed by atoms with van der Waals surface area (Å²) in [6.07, 6.45) is 0. The largest absolute Gasteiger partial charge is 0.496 e. The second-order valence-electron chi connectivity index (χ2n) is 3.65. The molecule has 0 aliphatic carbocycles. The molecule has 0 bridgehead atoms. The molecule has 1 heterocycles. The summed E-state index contributed by atoms with van der Waals surface area (Å²) >= 11 is 5.26. The predicted molar refractivity (Wildman–Crippen MR) is 75.6 cm³/mol. The van der Waals surface area contributed by atoms with Crippen LogP contribution in [0.3, 0.4) is 0 Å². The highest BCUT2D eigenvalue weighted by atomic mass is 79.9. The molecule has 17 heavy (non-hydrogen) atoms. The van der Waals surface area contributed by atoms with Crippen LogP contribution in [0.4, 0.5) is 0 Å².